The summed E-state index contributed by atoms with van der Waals surface area (Å²) < 4.78 is 6.19. The number of nitrogens with two attached hydrogens (primary N) is 3. The van der Waals surface area contributed by atoms with Gasteiger partial charge in [-0.05, 0) is 25.5 Å². The summed E-state index contributed by atoms with van der Waals surface area (Å²) in [5.41, 5.74) is 15.0. The molecule has 12 heteroatoms. The number of carbonyl (C=O) groups is 1. The highest BCUT2D eigenvalue weighted by molar-refractivity contribution is 5.72. The van der Waals surface area contributed by atoms with Gasteiger partial charge in [-0.25, -0.2) is 4.79 Å². The molecule has 1 aromatic rings. The number of carboxylic acid groups (broad SMARTS) is 1. The topological polar surface area (TPSA) is 220 Å². The van der Waals surface area contributed by atoms with Gasteiger partial charge in [-0.3, -0.25) is 9.36 Å². The summed E-state index contributed by atoms with van der Waals surface area (Å²) in [5.74, 6) is -0.880. The van der Waals surface area contributed by atoms with Crippen molar-refractivity contribution in [2.75, 3.05) is 18.9 Å². The van der Waals surface area contributed by atoms with Gasteiger partial charge in [-0.2, -0.15) is 4.98 Å². The minimum Gasteiger partial charge on any atom is -0.480 e. The Kier molecular flexibility index (Phi) is 9.28. The number of anilines is 1. The third-order valence-electron chi connectivity index (χ3n) is 3.93. The van der Waals surface area contributed by atoms with Crippen LogP contribution in [0.15, 0.2) is 17.1 Å². The van der Waals surface area contributed by atoms with E-state index >= 15 is 0 Å². The summed E-state index contributed by atoms with van der Waals surface area (Å²) in [4.78, 5) is 25.1. The summed E-state index contributed by atoms with van der Waals surface area (Å²) in [5, 5.41) is 36.5. The van der Waals surface area contributed by atoms with E-state index in [2.05, 4.69) is 4.98 Å². The fraction of sp³-hybridized carbons (Fsp3) is 0.667. The molecule has 1 unspecified atom stereocenters. The smallest absolute Gasteiger partial charge is 0.351 e. The molecule has 27 heavy (non-hydrogen) atoms. The van der Waals surface area contributed by atoms with Gasteiger partial charge in [0.1, 0.15) is 30.2 Å². The molecular formula is C15H27N5O7. The molecule has 1 aliphatic heterocycles. The SMILES string of the molecule is NCCCCC(N)C(=O)O.Nc1ccn([C@@H]2O[C@H](CO)[C@@H](O)[C@H]2O)c(=O)n1. The molecule has 2 rings (SSSR count). The van der Waals surface area contributed by atoms with Crippen LogP contribution in [0.1, 0.15) is 25.5 Å². The molecular weight excluding hydrogens is 362 g/mol. The number of aromatic nitrogens is 2. The zero-order valence-electron chi connectivity index (χ0n) is 14.7. The fourth-order valence-electron chi connectivity index (χ4n) is 2.36. The molecule has 0 aromatic carbocycles. The van der Waals surface area contributed by atoms with Crippen LogP contribution in [0.4, 0.5) is 5.82 Å². The third kappa shape index (κ3) is 6.53. The monoisotopic (exact) mass is 389 g/mol. The van der Waals surface area contributed by atoms with Gasteiger partial charge >= 0.3 is 11.7 Å². The highest BCUT2D eigenvalue weighted by Crippen LogP contribution is 2.27. The van der Waals surface area contributed by atoms with E-state index in [1.807, 2.05) is 0 Å². The normalized spacial score (nSPS) is 25.5. The third-order valence-corrected chi connectivity index (χ3v) is 3.93. The van der Waals surface area contributed by atoms with E-state index in [9.17, 15) is 19.8 Å². The zero-order valence-corrected chi connectivity index (χ0v) is 14.7. The predicted octanol–water partition coefficient (Wildman–Crippen LogP) is -3.04. The number of aliphatic hydroxyl groups excluding tert-OH is 3. The van der Waals surface area contributed by atoms with Crippen LogP contribution in [0, 0.1) is 0 Å². The number of ether oxygens (including phenoxy) is 1. The average Bonchev–Trinajstić information content (AvgIpc) is 2.90. The van der Waals surface area contributed by atoms with E-state index in [1.54, 1.807) is 0 Å². The lowest BCUT2D eigenvalue weighted by Gasteiger charge is -2.16. The number of nitrogen functional groups attached to an aromatic ring is 1. The highest BCUT2D eigenvalue weighted by atomic mass is 16.6. The molecule has 154 valence electrons. The molecule has 10 N–H and O–H groups in total. The maximum absolute atomic E-state index is 11.5. The van der Waals surface area contributed by atoms with Gasteiger partial charge < -0.3 is 42.4 Å². The van der Waals surface area contributed by atoms with Gasteiger partial charge in [0.05, 0.1) is 6.61 Å². The first-order chi connectivity index (χ1) is 12.7. The molecule has 1 saturated heterocycles. The number of hydrogen-bond acceptors (Lipinski definition) is 10. The van der Waals surface area contributed by atoms with E-state index in [4.69, 9.17) is 32.2 Å². The molecule has 2 heterocycles. The Morgan fingerprint density at radius 1 is 1.33 bits per heavy atom. The zero-order chi connectivity index (χ0) is 20.6. The first-order valence-electron chi connectivity index (χ1n) is 8.38. The summed E-state index contributed by atoms with van der Waals surface area (Å²) in [6.07, 6.45) is -1.10. The fourth-order valence-corrected chi connectivity index (χ4v) is 2.36. The summed E-state index contributed by atoms with van der Waals surface area (Å²) >= 11 is 0. The lowest BCUT2D eigenvalue weighted by atomic mass is 10.1. The highest BCUT2D eigenvalue weighted by Gasteiger charge is 2.43. The van der Waals surface area contributed by atoms with Crippen LogP contribution >= 0.6 is 0 Å². The predicted molar refractivity (Wildman–Crippen MR) is 94.4 cm³/mol. The second-order valence-corrected chi connectivity index (χ2v) is 6.00. The van der Waals surface area contributed by atoms with Crippen molar-refractivity contribution in [1.82, 2.24) is 9.55 Å². The molecule has 0 saturated carbocycles. The van der Waals surface area contributed by atoms with Gasteiger partial charge in [0, 0.05) is 6.20 Å². The van der Waals surface area contributed by atoms with Gasteiger partial charge in [0.2, 0.25) is 0 Å². The van der Waals surface area contributed by atoms with Gasteiger partial charge in [-0.1, -0.05) is 6.42 Å². The Hall–Kier alpha value is -2.09. The van der Waals surface area contributed by atoms with Crippen LogP contribution in [0.2, 0.25) is 0 Å². The van der Waals surface area contributed by atoms with Crippen molar-refractivity contribution < 1.29 is 30.0 Å². The minimum atomic E-state index is -1.31. The number of carboxylic acids is 1. The lowest BCUT2D eigenvalue weighted by molar-refractivity contribution is -0.138. The van der Waals surface area contributed by atoms with E-state index in [1.165, 1.54) is 12.3 Å². The van der Waals surface area contributed by atoms with Crippen molar-refractivity contribution in [2.24, 2.45) is 11.5 Å². The molecule has 0 amide bonds. The Morgan fingerprint density at radius 2 is 2.00 bits per heavy atom. The van der Waals surface area contributed by atoms with Crippen LogP contribution in [-0.4, -0.2) is 73.5 Å². The molecule has 1 fully saturated rings. The van der Waals surface area contributed by atoms with Crippen molar-refractivity contribution in [1.29, 1.82) is 0 Å². The van der Waals surface area contributed by atoms with Crippen LogP contribution in [-0.2, 0) is 9.53 Å². The Bertz CT molecular complexity index is 656. The number of unbranched alkanes of at least 4 members (excludes halogenated alkanes) is 1. The van der Waals surface area contributed by atoms with E-state index in [0.29, 0.717) is 13.0 Å². The summed E-state index contributed by atoms with van der Waals surface area (Å²) in [6.45, 7) is 0.151. The maximum Gasteiger partial charge on any atom is 0.351 e. The summed E-state index contributed by atoms with van der Waals surface area (Å²) in [6, 6.07) is 0.655. The molecule has 12 nitrogen and oxygen atoms in total. The van der Waals surface area contributed by atoms with Crippen molar-refractivity contribution in [2.45, 2.75) is 49.8 Å². The molecule has 1 aromatic heterocycles. The number of rotatable bonds is 7. The second-order valence-electron chi connectivity index (χ2n) is 6.00. The number of aliphatic carboxylic acids is 1. The van der Waals surface area contributed by atoms with Gasteiger partial charge in [-0.15, -0.1) is 0 Å². The van der Waals surface area contributed by atoms with Crippen molar-refractivity contribution in [3.05, 3.63) is 22.7 Å². The molecule has 0 aliphatic carbocycles. The molecule has 0 bridgehead atoms. The average molecular weight is 389 g/mol. The quantitative estimate of drug-likeness (QED) is 0.232. The first-order valence-corrected chi connectivity index (χ1v) is 8.38. The molecule has 0 spiro atoms. The number of nitrogens with zero attached hydrogens (tertiary/aromatic N) is 2. The second kappa shape index (κ2) is 10.9. The standard InChI is InChI=1S/C9H13N3O5.C6H14N2O2/c10-5-1-2-12(9(16)11-5)8-7(15)6(14)4(3-13)17-8;7-4-2-1-3-5(8)6(9)10/h1-2,4,6-8,13-15H,3H2,(H2,10,11,16);5H,1-4,7-8H2,(H,9,10)/t4-,6-,7-,8-;/m1./s1. The summed E-state index contributed by atoms with van der Waals surface area (Å²) in [7, 11) is 0. The van der Waals surface area contributed by atoms with Crippen LogP contribution in [0.25, 0.3) is 0 Å². The van der Waals surface area contributed by atoms with Gasteiger partial charge in [0.15, 0.2) is 6.23 Å². The molecule has 5 atom stereocenters. The van der Waals surface area contributed by atoms with Crippen molar-refractivity contribution in [3.63, 3.8) is 0 Å². The van der Waals surface area contributed by atoms with E-state index < -0.39 is 48.8 Å². The van der Waals surface area contributed by atoms with E-state index in [0.717, 1.165) is 17.4 Å². The van der Waals surface area contributed by atoms with Crippen LogP contribution in [0.5, 0.6) is 0 Å². The largest absolute Gasteiger partial charge is 0.480 e. The Balaban J connectivity index is 0.000000314. The van der Waals surface area contributed by atoms with Crippen LogP contribution in [0.3, 0.4) is 0 Å². The first kappa shape index (κ1) is 23.0. The van der Waals surface area contributed by atoms with Crippen LogP contribution < -0.4 is 22.9 Å². The van der Waals surface area contributed by atoms with Gasteiger partial charge in [0.25, 0.3) is 0 Å². The molecule has 0 radical (unpaired) electrons. The minimum absolute atomic E-state index is 0.0537. The Labute approximate surface area is 155 Å². The van der Waals surface area contributed by atoms with Crippen molar-refractivity contribution in [3.8, 4) is 0 Å². The molecule has 1 aliphatic rings. The number of aliphatic hydroxyl groups is 3. The maximum atomic E-state index is 11.5. The lowest BCUT2D eigenvalue weighted by Crippen LogP contribution is -2.36. The number of hydrogen-bond donors (Lipinski definition) is 7. The van der Waals surface area contributed by atoms with E-state index in [-0.39, 0.29) is 5.82 Å². The van der Waals surface area contributed by atoms with Crippen molar-refractivity contribution >= 4 is 11.8 Å². The Morgan fingerprint density at radius 3 is 2.48 bits per heavy atom.